The summed E-state index contributed by atoms with van der Waals surface area (Å²) in [5, 5.41) is 9.86. The molecule has 0 N–H and O–H groups in total. The lowest BCUT2D eigenvalue weighted by Crippen LogP contribution is -2.10. The Kier molecular flexibility index (Phi) is 9.00. The number of thiophene rings is 2. The highest BCUT2D eigenvalue weighted by molar-refractivity contribution is 7.26. The summed E-state index contributed by atoms with van der Waals surface area (Å²) in [4.78, 5) is 2.41. The molecule has 0 saturated carbocycles. The van der Waals surface area contributed by atoms with E-state index in [0.717, 1.165) is 55.8 Å². The standard InChI is InChI=1S/C66H40N2OS2/c1-6-22-57-50(15-1)51-16-2-7-23-58(51)68(57)47-14-11-13-44(39-47)48-37-38-59(64-56-19-3-8-24-60(56)69-65(48)64)67(45-32-27-41(28-33-45)43-31-36-54-52-17-4-9-25-61(52)70-63(54)40-43)46-34-29-42(30-35-46)49-20-12-21-55-53-18-5-10-26-62(53)71-66(49)55/h1-40H. The molecule has 3 nitrogen and oxygen atoms in total. The predicted octanol–water partition coefficient (Wildman–Crippen LogP) is 19.9. The normalized spacial score (nSPS) is 11.9. The lowest BCUT2D eigenvalue weighted by molar-refractivity contribution is 0.670. The number of benzene rings is 11. The van der Waals surface area contributed by atoms with Gasteiger partial charge in [-0.2, -0.15) is 0 Å². The number of furan rings is 1. The largest absolute Gasteiger partial charge is 0.455 e. The molecule has 0 saturated heterocycles. The van der Waals surface area contributed by atoms with Crippen molar-refractivity contribution in [1.29, 1.82) is 0 Å². The van der Waals surface area contributed by atoms with Crippen molar-refractivity contribution in [2.45, 2.75) is 0 Å². The zero-order valence-electron chi connectivity index (χ0n) is 38.2. The molecule has 15 aromatic rings. The Morgan fingerprint density at radius 3 is 1.68 bits per heavy atom. The van der Waals surface area contributed by atoms with Gasteiger partial charge in [0.1, 0.15) is 11.2 Å². The Balaban J connectivity index is 0.899. The SMILES string of the molecule is c1cc(-c2ccc(N(c3ccc(-c4ccc5c(c4)sc4ccccc45)cc3)c3ccc(-c4cccc5c4sc4ccccc45)cc3)c3c2oc2ccccc23)cc(-n2c3ccccc3c3ccccc32)c1. The molecule has 0 spiro atoms. The molecule has 11 aromatic carbocycles. The van der Waals surface area contributed by atoms with Gasteiger partial charge in [0.05, 0.1) is 22.1 Å². The number of aromatic nitrogens is 1. The molecular formula is C66H40N2OS2. The van der Waals surface area contributed by atoms with Crippen LogP contribution >= 0.6 is 22.7 Å². The van der Waals surface area contributed by atoms with Gasteiger partial charge in [-0.15, -0.1) is 22.7 Å². The van der Waals surface area contributed by atoms with E-state index in [1.807, 2.05) is 22.7 Å². The fourth-order valence-corrected chi connectivity index (χ4v) is 13.5. The van der Waals surface area contributed by atoms with Gasteiger partial charge in [0.25, 0.3) is 0 Å². The van der Waals surface area contributed by atoms with E-state index >= 15 is 0 Å². The van der Waals surface area contributed by atoms with Crippen molar-refractivity contribution >= 4 is 124 Å². The number of rotatable bonds is 7. The van der Waals surface area contributed by atoms with Crippen LogP contribution in [0.4, 0.5) is 17.1 Å². The second kappa shape index (κ2) is 15.9. The van der Waals surface area contributed by atoms with Crippen molar-refractivity contribution in [3.63, 3.8) is 0 Å². The zero-order chi connectivity index (χ0) is 46.6. The van der Waals surface area contributed by atoms with Crippen molar-refractivity contribution in [3.05, 3.63) is 243 Å². The van der Waals surface area contributed by atoms with E-state index in [1.165, 1.54) is 84.4 Å². The highest BCUT2D eigenvalue weighted by Crippen LogP contribution is 2.48. The van der Waals surface area contributed by atoms with Gasteiger partial charge in [-0.1, -0.05) is 158 Å². The van der Waals surface area contributed by atoms with Crippen molar-refractivity contribution < 1.29 is 4.42 Å². The molecule has 0 aliphatic heterocycles. The molecule has 0 fully saturated rings. The van der Waals surface area contributed by atoms with Gasteiger partial charge in [-0.25, -0.2) is 0 Å². The molecule has 0 aliphatic carbocycles. The number of hydrogen-bond acceptors (Lipinski definition) is 4. The predicted molar refractivity (Wildman–Crippen MR) is 305 cm³/mol. The minimum atomic E-state index is 0.855. The van der Waals surface area contributed by atoms with Crippen molar-refractivity contribution in [2.75, 3.05) is 4.90 Å². The monoisotopic (exact) mass is 940 g/mol. The molecule has 0 unspecified atom stereocenters. The van der Waals surface area contributed by atoms with E-state index in [9.17, 15) is 0 Å². The molecule has 0 radical (unpaired) electrons. The van der Waals surface area contributed by atoms with Gasteiger partial charge in [-0.05, 0) is 113 Å². The quantitative estimate of drug-likeness (QED) is 0.159. The number of nitrogens with zero attached hydrogens (tertiary/aromatic N) is 2. The molecular weight excluding hydrogens is 901 g/mol. The molecule has 332 valence electrons. The topological polar surface area (TPSA) is 21.3 Å². The first-order chi connectivity index (χ1) is 35.2. The van der Waals surface area contributed by atoms with Crippen LogP contribution in [0.25, 0.3) is 123 Å². The van der Waals surface area contributed by atoms with Gasteiger partial charge in [-0.3, -0.25) is 0 Å². The van der Waals surface area contributed by atoms with Gasteiger partial charge in [0, 0.05) is 79.1 Å². The second-order valence-electron chi connectivity index (χ2n) is 18.4. The zero-order valence-corrected chi connectivity index (χ0v) is 39.8. The van der Waals surface area contributed by atoms with Crippen LogP contribution in [0.2, 0.25) is 0 Å². The van der Waals surface area contributed by atoms with Crippen molar-refractivity contribution in [3.8, 4) is 39.1 Å². The number of fused-ring (bicyclic) bond motifs is 12. The molecule has 4 aromatic heterocycles. The molecule has 0 aliphatic rings. The van der Waals surface area contributed by atoms with Crippen LogP contribution in [0.3, 0.4) is 0 Å². The van der Waals surface area contributed by atoms with E-state index in [4.69, 9.17) is 4.42 Å². The third-order valence-electron chi connectivity index (χ3n) is 14.4. The number of para-hydroxylation sites is 3. The van der Waals surface area contributed by atoms with Gasteiger partial charge < -0.3 is 13.9 Å². The van der Waals surface area contributed by atoms with Crippen LogP contribution < -0.4 is 4.90 Å². The van der Waals surface area contributed by atoms with Crippen LogP contribution in [0.1, 0.15) is 0 Å². The highest BCUT2D eigenvalue weighted by atomic mass is 32.1. The first kappa shape index (κ1) is 40.2. The fraction of sp³-hybridized carbons (Fsp3) is 0. The summed E-state index contributed by atoms with van der Waals surface area (Å²) >= 11 is 3.73. The van der Waals surface area contributed by atoms with Crippen LogP contribution in [0, 0.1) is 0 Å². The van der Waals surface area contributed by atoms with Gasteiger partial charge in [0.2, 0.25) is 0 Å². The minimum absolute atomic E-state index is 0.855. The average molecular weight is 941 g/mol. The fourth-order valence-electron chi connectivity index (χ4n) is 11.1. The lowest BCUT2D eigenvalue weighted by Gasteiger charge is -2.27. The van der Waals surface area contributed by atoms with Gasteiger partial charge in [0.15, 0.2) is 0 Å². The highest BCUT2D eigenvalue weighted by Gasteiger charge is 2.23. The Bertz CT molecular complexity index is 4540. The Hall–Kier alpha value is -8.74. The van der Waals surface area contributed by atoms with Crippen LogP contribution in [-0.2, 0) is 0 Å². The summed E-state index contributed by atoms with van der Waals surface area (Å²) in [5.41, 5.74) is 15.3. The van der Waals surface area contributed by atoms with E-state index in [-0.39, 0.29) is 0 Å². The summed E-state index contributed by atoms with van der Waals surface area (Å²) in [7, 11) is 0. The maximum absolute atomic E-state index is 7.02. The molecule has 15 rings (SSSR count). The van der Waals surface area contributed by atoms with Crippen LogP contribution in [0.15, 0.2) is 247 Å². The Morgan fingerprint density at radius 1 is 0.352 bits per heavy atom. The molecule has 0 amide bonds. The van der Waals surface area contributed by atoms with Crippen molar-refractivity contribution in [1.82, 2.24) is 4.57 Å². The van der Waals surface area contributed by atoms with Crippen LogP contribution in [-0.4, -0.2) is 4.57 Å². The molecule has 5 heteroatoms. The van der Waals surface area contributed by atoms with E-state index < -0.39 is 0 Å². The minimum Gasteiger partial charge on any atom is -0.455 e. The van der Waals surface area contributed by atoms with E-state index in [1.54, 1.807) is 0 Å². The summed E-state index contributed by atoms with van der Waals surface area (Å²) in [6, 6.07) is 88.6. The number of hydrogen-bond donors (Lipinski definition) is 0. The molecule has 0 atom stereocenters. The summed E-state index contributed by atoms with van der Waals surface area (Å²) < 4.78 is 14.6. The number of anilines is 3. The lowest BCUT2D eigenvalue weighted by atomic mass is 9.98. The summed E-state index contributed by atoms with van der Waals surface area (Å²) in [6.07, 6.45) is 0. The van der Waals surface area contributed by atoms with E-state index in [0.29, 0.717) is 0 Å². The smallest absolute Gasteiger partial charge is 0.145 e. The second-order valence-corrected chi connectivity index (χ2v) is 20.5. The van der Waals surface area contributed by atoms with Crippen molar-refractivity contribution in [2.24, 2.45) is 0 Å². The van der Waals surface area contributed by atoms with Crippen LogP contribution in [0.5, 0.6) is 0 Å². The Labute approximate surface area is 416 Å². The summed E-state index contributed by atoms with van der Waals surface area (Å²) in [5.74, 6) is 0. The van der Waals surface area contributed by atoms with E-state index in [2.05, 4.69) is 252 Å². The maximum atomic E-state index is 7.02. The Morgan fingerprint density at radius 2 is 0.930 bits per heavy atom. The third-order valence-corrected chi connectivity index (χ3v) is 16.8. The molecule has 4 heterocycles. The first-order valence-electron chi connectivity index (χ1n) is 24.1. The van der Waals surface area contributed by atoms with Gasteiger partial charge >= 0.3 is 0 Å². The first-order valence-corrected chi connectivity index (χ1v) is 25.7. The average Bonchev–Trinajstić information content (AvgIpc) is 4.21. The summed E-state index contributed by atoms with van der Waals surface area (Å²) in [6.45, 7) is 0. The third kappa shape index (κ3) is 6.34. The molecule has 0 bridgehead atoms. The maximum Gasteiger partial charge on any atom is 0.145 e. The molecule has 71 heavy (non-hydrogen) atoms.